The lowest BCUT2D eigenvalue weighted by atomic mass is 10.2. The summed E-state index contributed by atoms with van der Waals surface area (Å²) in [5.74, 6) is 0.127. The molecule has 1 unspecified atom stereocenters. The first kappa shape index (κ1) is 19.6. The molecule has 1 aliphatic rings. The fourth-order valence-corrected chi connectivity index (χ4v) is 5.21. The van der Waals surface area contributed by atoms with Gasteiger partial charge in [-0.25, -0.2) is 13.1 Å². The number of benzene rings is 1. The minimum absolute atomic E-state index is 0.0148. The molecule has 0 spiro atoms. The Morgan fingerprint density at radius 3 is 2.69 bits per heavy atom. The molecule has 1 N–H and O–H groups in total. The third-order valence-corrected chi connectivity index (χ3v) is 6.68. The normalized spacial score (nSPS) is 18.1. The molecule has 9 nitrogen and oxygen atoms in total. The molecule has 3 aromatic rings. The van der Waals surface area contributed by atoms with Crippen LogP contribution in [-0.2, 0) is 9.84 Å². The lowest BCUT2D eigenvalue weighted by Gasteiger charge is -2.13. The fraction of sp³-hybridized carbons (Fsp3) is 0.333. The fourth-order valence-electron chi connectivity index (χ4n) is 3.34. The second-order valence-corrected chi connectivity index (χ2v) is 9.70. The Hall–Kier alpha value is -2.72. The Labute approximate surface area is 172 Å². The van der Waals surface area contributed by atoms with Crippen molar-refractivity contribution in [1.29, 1.82) is 0 Å². The zero-order valence-corrected chi connectivity index (χ0v) is 17.4. The van der Waals surface area contributed by atoms with Crippen LogP contribution in [0.1, 0.15) is 34.3 Å². The molecule has 1 aromatic carbocycles. The molecule has 1 fully saturated rings. The first-order valence-corrected chi connectivity index (χ1v) is 11.2. The van der Waals surface area contributed by atoms with Crippen LogP contribution >= 0.6 is 11.6 Å². The zero-order valence-electron chi connectivity index (χ0n) is 15.8. The van der Waals surface area contributed by atoms with E-state index in [9.17, 15) is 13.2 Å². The summed E-state index contributed by atoms with van der Waals surface area (Å²) in [4.78, 5) is 14.2. The third kappa shape index (κ3) is 4.03. The molecule has 1 aliphatic heterocycles. The Bertz CT molecular complexity index is 1200. The van der Waals surface area contributed by atoms with Crippen molar-refractivity contribution in [2.45, 2.75) is 26.3 Å². The van der Waals surface area contributed by atoms with Gasteiger partial charge in [0.25, 0.3) is 5.91 Å². The molecule has 3 heterocycles. The summed E-state index contributed by atoms with van der Waals surface area (Å²) in [6.07, 6.45) is 0.469. The van der Waals surface area contributed by atoms with E-state index in [1.165, 1.54) is 4.80 Å². The van der Waals surface area contributed by atoms with Gasteiger partial charge in [-0.1, -0.05) is 17.7 Å². The second kappa shape index (κ2) is 7.27. The average Bonchev–Trinajstić information content (AvgIpc) is 3.31. The summed E-state index contributed by atoms with van der Waals surface area (Å²) in [5, 5.41) is 16.3. The van der Waals surface area contributed by atoms with E-state index in [0.29, 0.717) is 34.3 Å². The maximum absolute atomic E-state index is 12.8. The van der Waals surface area contributed by atoms with Crippen molar-refractivity contribution in [3.63, 3.8) is 0 Å². The number of amides is 1. The highest BCUT2D eigenvalue weighted by Crippen LogP contribution is 2.27. The van der Waals surface area contributed by atoms with E-state index in [2.05, 4.69) is 20.6 Å². The van der Waals surface area contributed by atoms with Crippen LogP contribution < -0.4 is 5.32 Å². The van der Waals surface area contributed by atoms with Gasteiger partial charge in [-0.2, -0.15) is 15.0 Å². The molecule has 0 bridgehead atoms. The highest BCUT2D eigenvalue weighted by molar-refractivity contribution is 7.91. The average molecular weight is 435 g/mol. The van der Waals surface area contributed by atoms with Gasteiger partial charge in [0.15, 0.2) is 15.5 Å². The second-order valence-electron chi connectivity index (χ2n) is 7.03. The highest BCUT2D eigenvalue weighted by Gasteiger charge is 2.31. The van der Waals surface area contributed by atoms with Crippen LogP contribution in [0, 0.1) is 13.8 Å². The van der Waals surface area contributed by atoms with Gasteiger partial charge in [-0.05, 0) is 38.5 Å². The number of hydrogen-bond donors (Lipinski definition) is 1. The van der Waals surface area contributed by atoms with E-state index in [-0.39, 0.29) is 23.2 Å². The minimum atomic E-state index is -3.08. The summed E-state index contributed by atoms with van der Waals surface area (Å²) >= 11 is 6.01. The van der Waals surface area contributed by atoms with Crippen molar-refractivity contribution in [2.24, 2.45) is 0 Å². The monoisotopic (exact) mass is 434 g/mol. The number of halogens is 1. The first-order chi connectivity index (χ1) is 13.7. The Kier molecular flexibility index (Phi) is 4.91. The number of nitrogens with zero attached hydrogens (tertiary/aromatic N) is 5. The molecule has 11 heteroatoms. The van der Waals surface area contributed by atoms with Crippen LogP contribution in [0.4, 0.5) is 5.82 Å². The SMILES string of the molecule is Cc1cc(NC(=O)c2nn(-c3cccc(Cl)c3)nc2C)n(C2CCS(=O)(=O)C2)n1. The molecule has 29 heavy (non-hydrogen) atoms. The predicted octanol–water partition coefficient (Wildman–Crippen LogP) is 2.35. The maximum Gasteiger partial charge on any atom is 0.279 e. The lowest BCUT2D eigenvalue weighted by molar-refractivity contribution is 0.102. The smallest absolute Gasteiger partial charge is 0.279 e. The van der Waals surface area contributed by atoms with Gasteiger partial charge in [0.2, 0.25) is 0 Å². The quantitative estimate of drug-likeness (QED) is 0.674. The number of carbonyl (C=O) groups is 1. The van der Waals surface area contributed by atoms with Gasteiger partial charge < -0.3 is 5.32 Å². The van der Waals surface area contributed by atoms with E-state index in [0.717, 1.165) is 0 Å². The summed E-state index contributed by atoms with van der Waals surface area (Å²) in [6, 6.07) is 8.40. The third-order valence-electron chi connectivity index (χ3n) is 4.69. The van der Waals surface area contributed by atoms with Crippen molar-refractivity contribution in [1.82, 2.24) is 24.8 Å². The van der Waals surface area contributed by atoms with E-state index >= 15 is 0 Å². The molecule has 0 radical (unpaired) electrons. The van der Waals surface area contributed by atoms with Crippen LogP contribution in [0.15, 0.2) is 30.3 Å². The van der Waals surface area contributed by atoms with Gasteiger partial charge in [-0.3, -0.25) is 4.79 Å². The summed E-state index contributed by atoms with van der Waals surface area (Å²) in [7, 11) is -3.08. The summed E-state index contributed by atoms with van der Waals surface area (Å²) < 4.78 is 25.2. The van der Waals surface area contributed by atoms with Gasteiger partial charge in [0, 0.05) is 11.1 Å². The van der Waals surface area contributed by atoms with Crippen LogP contribution in [0.25, 0.3) is 5.69 Å². The molecule has 2 aromatic heterocycles. The number of aryl methyl sites for hydroxylation is 2. The van der Waals surface area contributed by atoms with Crippen molar-refractivity contribution >= 4 is 33.2 Å². The molecular weight excluding hydrogens is 416 g/mol. The molecule has 0 aliphatic carbocycles. The van der Waals surface area contributed by atoms with Crippen LogP contribution in [0.3, 0.4) is 0 Å². The number of aromatic nitrogens is 5. The van der Waals surface area contributed by atoms with E-state index in [1.54, 1.807) is 48.9 Å². The Morgan fingerprint density at radius 1 is 1.21 bits per heavy atom. The molecule has 4 rings (SSSR count). The largest absolute Gasteiger partial charge is 0.305 e. The number of rotatable bonds is 4. The Balaban J connectivity index is 1.60. The number of hydrogen-bond acceptors (Lipinski definition) is 6. The van der Waals surface area contributed by atoms with Gasteiger partial charge in [-0.15, -0.1) is 5.10 Å². The van der Waals surface area contributed by atoms with Crippen molar-refractivity contribution in [3.05, 3.63) is 52.4 Å². The molecule has 152 valence electrons. The lowest BCUT2D eigenvalue weighted by Crippen LogP contribution is -2.20. The van der Waals surface area contributed by atoms with Crippen molar-refractivity contribution < 1.29 is 13.2 Å². The summed E-state index contributed by atoms with van der Waals surface area (Å²) in [6.45, 7) is 3.48. The van der Waals surface area contributed by atoms with Gasteiger partial charge >= 0.3 is 0 Å². The van der Waals surface area contributed by atoms with Crippen LogP contribution in [0.2, 0.25) is 5.02 Å². The van der Waals surface area contributed by atoms with Gasteiger partial charge in [0.05, 0.1) is 34.6 Å². The van der Waals surface area contributed by atoms with E-state index < -0.39 is 15.7 Å². The minimum Gasteiger partial charge on any atom is -0.305 e. The standard InChI is InChI=1S/C18H19ClN6O3S/c1-11-8-16(24(21-11)15-6-7-29(27,28)10-15)20-18(26)17-12(2)22-25(23-17)14-5-3-4-13(19)9-14/h3-5,8-9,15H,6-7,10H2,1-2H3,(H,20,26). The van der Waals surface area contributed by atoms with E-state index in [4.69, 9.17) is 11.6 Å². The van der Waals surface area contributed by atoms with Crippen molar-refractivity contribution in [3.8, 4) is 5.69 Å². The highest BCUT2D eigenvalue weighted by atomic mass is 35.5. The molecular formula is C18H19ClN6O3S. The van der Waals surface area contributed by atoms with Crippen LogP contribution in [-0.4, -0.2) is 50.6 Å². The predicted molar refractivity (Wildman–Crippen MR) is 108 cm³/mol. The molecule has 1 amide bonds. The topological polar surface area (TPSA) is 112 Å². The molecule has 1 saturated heterocycles. The first-order valence-electron chi connectivity index (χ1n) is 9.00. The molecule has 0 saturated carbocycles. The van der Waals surface area contributed by atoms with Crippen LogP contribution in [0.5, 0.6) is 0 Å². The zero-order chi connectivity index (χ0) is 20.8. The number of sulfone groups is 1. The number of nitrogens with one attached hydrogen (secondary N) is 1. The number of anilines is 1. The van der Waals surface area contributed by atoms with Gasteiger partial charge in [0.1, 0.15) is 5.82 Å². The van der Waals surface area contributed by atoms with Crippen molar-refractivity contribution in [2.75, 3.05) is 16.8 Å². The Morgan fingerprint density at radius 2 is 2.00 bits per heavy atom. The maximum atomic E-state index is 12.8. The van der Waals surface area contributed by atoms with E-state index in [1.807, 2.05) is 0 Å². The summed E-state index contributed by atoms with van der Waals surface area (Å²) in [5.41, 5.74) is 1.93. The number of carbonyl (C=O) groups excluding carboxylic acids is 1. The molecule has 1 atom stereocenters.